The second-order valence-corrected chi connectivity index (χ2v) is 9.06. The number of carboxylic acid groups (broad SMARTS) is 1. The first kappa shape index (κ1) is 22.4. The molecule has 0 aliphatic carbocycles. The number of carboxylic acids is 1. The van der Waals surface area contributed by atoms with Crippen molar-refractivity contribution >= 4 is 45.9 Å². The SMILES string of the molecule is Cc1ccccc1C(=CCSc1ccc(OCC(=O)O)cc1I)c1ccccc1C. The van der Waals surface area contributed by atoms with E-state index in [-0.39, 0.29) is 6.61 Å². The zero-order chi connectivity index (χ0) is 21.5. The van der Waals surface area contributed by atoms with Crippen molar-refractivity contribution in [2.24, 2.45) is 0 Å². The van der Waals surface area contributed by atoms with Crippen molar-refractivity contribution in [3.8, 4) is 5.75 Å². The highest BCUT2D eigenvalue weighted by atomic mass is 127. The van der Waals surface area contributed by atoms with Crippen LogP contribution in [0, 0.1) is 17.4 Å². The Morgan fingerprint density at radius 2 is 1.60 bits per heavy atom. The van der Waals surface area contributed by atoms with Gasteiger partial charge in [0, 0.05) is 14.2 Å². The third-order valence-corrected chi connectivity index (χ3v) is 6.92. The molecule has 3 nitrogen and oxygen atoms in total. The summed E-state index contributed by atoms with van der Waals surface area (Å²) in [5.74, 6) is 0.416. The van der Waals surface area contributed by atoms with Crippen molar-refractivity contribution in [1.82, 2.24) is 0 Å². The summed E-state index contributed by atoms with van der Waals surface area (Å²) in [6.07, 6.45) is 2.29. The standard InChI is InChI=1S/C25H23IO3S/c1-17-7-3-5-9-20(17)22(21-10-6-4-8-18(21)2)13-14-30-24-12-11-19(15-23(24)26)29-16-25(27)28/h3-13,15H,14,16H2,1-2H3,(H,27,28). The van der Waals surface area contributed by atoms with Crippen molar-refractivity contribution in [3.05, 3.63) is 98.6 Å². The highest BCUT2D eigenvalue weighted by Gasteiger charge is 2.10. The lowest BCUT2D eigenvalue weighted by molar-refractivity contribution is -0.139. The van der Waals surface area contributed by atoms with Gasteiger partial charge in [-0.05, 0) is 82.5 Å². The van der Waals surface area contributed by atoms with E-state index in [4.69, 9.17) is 9.84 Å². The van der Waals surface area contributed by atoms with Crippen LogP contribution in [0.5, 0.6) is 5.75 Å². The molecular formula is C25H23IO3S. The van der Waals surface area contributed by atoms with Crippen LogP contribution in [-0.2, 0) is 4.79 Å². The number of thioether (sulfide) groups is 1. The number of benzene rings is 3. The molecule has 3 aromatic carbocycles. The summed E-state index contributed by atoms with van der Waals surface area (Å²) in [6, 6.07) is 22.6. The summed E-state index contributed by atoms with van der Waals surface area (Å²) in [4.78, 5) is 11.8. The Morgan fingerprint density at radius 1 is 1.00 bits per heavy atom. The number of hydrogen-bond acceptors (Lipinski definition) is 3. The Kier molecular flexibility index (Phi) is 7.99. The highest BCUT2D eigenvalue weighted by Crippen LogP contribution is 2.32. The Hall–Kier alpha value is -2.25. The number of rotatable bonds is 8. The fourth-order valence-corrected chi connectivity index (χ4v) is 4.91. The molecule has 0 aromatic heterocycles. The minimum atomic E-state index is -0.978. The predicted molar refractivity (Wildman–Crippen MR) is 132 cm³/mol. The lowest BCUT2D eigenvalue weighted by Crippen LogP contribution is -2.09. The van der Waals surface area contributed by atoms with Crippen LogP contribution >= 0.6 is 34.4 Å². The lowest BCUT2D eigenvalue weighted by Gasteiger charge is -2.14. The quantitative estimate of drug-likeness (QED) is 0.264. The smallest absolute Gasteiger partial charge is 0.341 e. The van der Waals surface area contributed by atoms with Crippen LogP contribution in [0.15, 0.2) is 77.7 Å². The molecule has 3 rings (SSSR count). The molecule has 0 unspecified atom stereocenters. The van der Waals surface area contributed by atoms with Crippen LogP contribution in [0.25, 0.3) is 5.57 Å². The van der Waals surface area contributed by atoms with Crippen molar-refractivity contribution in [2.75, 3.05) is 12.4 Å². The van der Waals surface area contributed by atoms with E-state index >= 15 is 0 Å². The maximum absolute atomic E-state index is 10.7. The van der Waals surface area contributed by atoms with Crippen LogP contribution in [-0.4, -0.2) is 23.4 Å². The maximum Gasteiger partial charge on any atom is 0.341 e. The zero-order valence-corrected chi connectivity index (χ0v) is 19.9. The molecular weight excluding hydrogens is 507 g/mol. The summed E-state index contributed by atoms with van der Waals surface area (Å²) in [5, 5.41) is 8.76. The average Bonchev–Trinajstić information content (AvgIpc) is 2.72. The molecule has 0 aliphatic heterocycles. The van der Waals surface area contributed by atoms with Crippen LogP contribution in [0.2, 0.25) is 0 Å². The van der Waals surface area contributed by atoms with Crippen molar-refractivity contribution in [3.63, 3.8) is 0 Å². The summed E-state index contributed by atoms with van der Waals surface area (Å²) in [6.45, 7) is 3.96. The third-order valence-electron chi connectivity index (χ3n) is 4.66. The second kappa shape index (κ2) is 10.7. The molecule has 0 amide bonds. The molecule has 0 heterocycles. The Balaban J connectivity index is 1.83. The number of halogens is 1. The molecule has 0 fully saturated rings. The Labute approximate surface area is 195 Å². The first-order chi connectivity index (χ1) is 14.5. The van der Waals surface area contributed by atoms with E-state index in [0.29, 0.717) is 5.75 Å². The van der Waals surface area contributed by atoms with Crippen molar-refractivity contribution in [2.45, 2.75) is 18.7 Å². The molecule has 30 heavy (non-hydrogen) atoms. The van der Waals surface area contributed by atoms with Gasteiger partial charge in [0.2, 0.25) is 0 Å². The molecule has 0 saturated carbocycles. The molecule has 0 spiro atoms. The van der Waals surface area contributed by atoms with E-state index in [9.17, 15) is 4.79 Å². The largest absolute Gasteiger partial charge is 0.482 e. The summed E-state index contributed by atoms with van der Waals surface area (Å²) >= 11 is 4.02. The van der Waals surface area contributed by atoms with E-state index < -0.39 is 5.97 Å². The van der Waals surface area contributed by atoms with E-state index in [1.165, 1.54) is 27.8 Å². The Bertz CT molecular complexity index is 1030. The van der Waals surface area contributed by atoms with Gasteiger partial charge in [-0.1, -0.05) is 54.6 Å². The summed E-state index contributed by atoms with van der Waals surface area (Å²) < 4.78 is 6.31. The van der Waals surface area contributed by atoms with Crippen LogP contribution in [0.4, 0.5) is 0 Å². The van der Waals surface area contributed by atoms with Gasteiger partial charge in [-0.2, -0.15) is 0 Å². The first-order valence-electron chi connectivity index (χ1n) is 9.55. The van der Waals surface area contributed by atoms with Crippen LogP contribution < -0.4 is 4.74 Å². The Morgan fingerprint density at radius 3 is 2.13 bits per heavy atom. The van der Waals surface area contributed by atoms with E-state index in [1.54, 1.807) is 11.8 Å². The van der Waals surface area contributed by atoms with Gasteiger partial charge in [-0.15, -0.1) is 11.8 Å². The van der Waals surface area contributed by atoms with Gasteiger partial charge in [0.25, 0.3) is 0 Å². The van der Waals surface area contributed by atoms with Gasteiger partial charge >= 0.3 is 5.97 Å². The molecule has 0 atom stereocenters. The lowest BCUT2D eigenvalue weighted by atomic mass is 9.92. The summed E-state index contributed by atoms with van der Waals surface area (Å²) in [7, 11) is 0. The topological polar surface area (TPSA) is 46.5 Å². The van der Waals surface area contributed by atoms with Crippen molar-refractivity contribution in [1.29, 1.82) is 0 Å². The first-order valence-corrected chi connectivity index (χ1v) is 11.6. The average molecular weight is 530 g/mol. The number of ether oxygens (including phenoxy) is 1. The molecule has 5 heteroatoms. The van der Waals surface area contributed by atoms with Gasteiger partial charge in [0.15, 0.2) is 6.61 Å². The number of aryl methyl sites for hydroxylation is 2. The van der Waals surface area contributed by atoms with Crippen LogP contribution in [0.3, 0.4) is 0 Å². The molecule has 3 aromatic rings. The van der Waals surface area contributed by atoms with E-state index in [1.807, 2.05) is 18.2 Å². The molecule has 0 bridgehead atoms. The fraction of sp³-hybridized carbons (Fsp3) is 0.160. The van der Waals surface area contributed by atoms with Gasteiger partial charge in [-0.3, -0.25) is 0 Å². The molecule has 1 N–H and O–H groups in total. The minimum Gasteiger partial charge on any atom is -0.482 e. The monoisotopic (exact) mass is 530 g/mol. The van der Waals surface area contributed by atoms with E-state index in [2.05, 4.69) is 91.0 Å². The summed E-state index contributed by atoms with van der Waals surface area (Å²) in [5.41, 5.74) is 6.26. The maximum atomic E-state index is 10.7. The van der Waals surface area contributed by atoms with Crippen molar-refractivity contribution < 1.29 is 14.6 Å². The van der Waals surface area contributed by atoms with Gasteiger partial charge < -0.3 is 9.84 Å². The normalized spacial score (nSPS) is 10.5. The molecule has 0 saturated heterocycles. The number of hydrogen-bond donors (Lipinski definition) is 1. The van der Waals surface area contributed by atoms with Gasteiger partial charge in [-0.25, -0.2) is 4.79 Å². The minimum absolute atomic E-state index is 0.332. The highest BCUT2D eigenvalue weighted by molar-refractivity contribution is 14.1. The number of aliphatic carboxylic acids is 1. The number of carbonyl (C=O) groups is 1. The van der Waals surface area contributed by atoms with Gasteiger partial charge in [0.1, 0.15) is 5.75 Å². The van der Waals surface area contributed by atoms with Crippen LogP contribution in [0.1, 0.15) is 22.3 Å². The van der Waals surface area contributed by atoms with E-state index in [0.717, 1.165) is 14.2 Å². The molecule has 0 radical (unpaired) electrons. The van der Waals surface area contributed by atoms with Gasteiger partial charge in [0.05, 0.1) is 0 Å². The second-order valence-electron chi connectivity index (χ2n) is 6.83. The molecule has 154 valence electrons. The predicted octanol–water partition coefficient (Wildman–Crippen LogP) is 6.60. The fourth-order valence-electron chi connectivity index (χ4n) is 3.16. The molecule has 0 aliphatic rings. The zero-order valence-electron chi connectivity index (χ0n) is 16.9. The third kappa shape index (κ3) is 5.89.